The van der Waals surface area contributed by atoms with E-state index in [2.05, 4.69) is 15.0 Å². The van der Waals surface area contributed by atoms with E-state index in [1.54, 1.807) is 10.9 Å². The van der Waals surface area contributed by atoms with Crippen LogP contribution in [0.1, 0.15) is 12.0 Å². The lowest BCUT2D eigenvalue weighted by atomic mass is 10.0. The quantitative estimate of drug-likeness (QED) is 0.892. The van der Waals surface area contributed by atoms with Crippen LogP contribution in [0.25, 0.3) is 0 Å². The monoisotopic (exact) mass is 258 g/mol. The number of hydrogen-bond donors (Lipinski definition) is 1. The maximum atomic E-state index is 10.2. The lowest BCUT2D eigenvalue weighted by molar-refractivity contribution is 0.164. The van der Waals surface area contributed by atoms with E-state index in [0.717, 1.165) is 30.8 Å². The summed E-state index contributed by atoms with van der Waals surface area (Å²) >= 11 is 0. The van der Waals surface area contributed by atoms with E-state index >= 15 is 0 Å². The van der Waals surface area contributed by atoms with Crippen molar-refractivity contribution in [3.63, 3.8) is 0 Å². The summed E-state index contributed by atoms with van der Waals surface area (Å²) in [6.45, 7) is 0.850. The van der Waals surface area contributed by atoms with Crippen LogP contribution in [0.5, 0.6) is 0 Å². The third-order valence-corrected chi connectivity index (χ3v) is 3.66. The molecule has 1 saturated heterocycles. The molecule has 0 aromatic carbocycles. The first kappa shape index (κ1) is 12.2. The van der Waals surface area contributed by atoms with Gasteiger partial charge in [-0.2, -0.15) is 5.10 Å². The summed E-state index contributed by atoms with van der Waals surface area (Å²) in [6.07, 6.45) is 6.94. The van der Waals surface area contributed by atoms with Crippen molar-refractivity contribution in [3.8, 4) is 0 Å². The van der Waals surface area contributed by atoms with Gasteiger partial charge in [0.05, 0.1) is 18.3 Å². The molecule has 100 valence electrons. The van der Waals surface area contributed by atoms with Crippen molar-refractivity contribution < 1.29 is 5.11 Å². The van der Waals surface area contributed by atoms with Gasteiger partial charge in [-0.05, 0) is 30.5 Å². The molecule has 2 atom stereocenters. The van der Waals surface area contributed by atoms with Gasteiger partial charge in [0.25, 0.3) is 0 Å². The Morgan fingerprint density at radius 1 is 1.42 bits per heavy atom. The Morgan fingerprint density at radius 3 is 3.00 bits per heavy atom. The highest BCUT2D eigenvalue weighted by atomic mass is 16.3. The number of aromatic nitrogens is 3. The second-order valence-corrected chi connectivity index (χ2v) is 5.03. The lowest BCUT2D eigenvalue weighted by Crippen LogP contribution is -2.37. The number of nitrogens with zero attached hydrogens (tertiary/aromatic N) is 4. The molecule has 0 bridgehead atoms. The summed E-state index contributed by atoms with van der Waals surface area (Å²) in [5.74, 6) is 0.938. The Hall–Kier alpha value is -1.88. The molecular formula is C14H18N4O. The van der Waals surface area contributed by atoms with Crippen molar-refractivity contribution >= 4 is 5.82 Å². The predicted molar refractivity (Wildman–Crippen MR) is 72.9 cm³/mol. The molecule has 5 nitrogen and oxygen atoms in total. The number of pyridine rings is 1. The zero-order valence-electron chi connectivity index (χ0n) is 11.0. The minimum Gasteiger partial charge on any atom is -0.391 e. The second-order valence-electron chi connectivity index (χ2n) is 5.03. The predicted octanol–water partition coefficient (Wildman–Crippen LogP) is 0.997. The normalized spacial score (nSPS) is 22.9. The molecule has 0 unspecified atom stereocenters. The van der Waals surface area contributed by atoms with E-state index < -0.39 is 0 Å². The van der Waals surface area contributed by atoms with Crippen LogP contribution in [0.3, 0.4) is 0 Å². The number of aliphatic hydroxyl groups excluding tert-OH is 1. The highest BCUT2D eigenvalue weighted by molar-refractivity contribution is 5.42. The Bertz CT molecular complexity index is 539. The first-order chi connectivity index (χ1) is 9.24. The number of aryl methyl sites for hydroxylation is 1. The largest absolute Gasteiger partial charge is 0.391 e. The molecule has 1 aliphatic heterocycles. The minimum atomic E-state index is -0.304. The van der Waals surface area contributed by atoms with Crippen molar-refractivity contribution in [1.82, 2.24) is 14.8 Å². The van der Waals surface area contributed by atoms with Gasteiger partial charge in [-0.3, -0.25) is 4.68 Å². The average Bonchev–Trinajstić information content (AvgIpc) is 2.99. The van der Waals surface area contributed by atoms with Crippen LogP contribution < -0.4 is 4.90 Å². The van der Waals surface area contributed by atoms with Gasteiger partial charge in [-0.25, -0.2) is 4.98 Å². The fourth-order valence-corrected chi connectivity index (χ4v) is 2.71. The van der Waals surface area contributed by atoms with Crippen LogP contribution >= 0.6 is 0 Å². The summed E-state index contributed by atoms with van der Waals surface area (Å²) in [5.41, 5.74) is 1.15. The van der Waals surface area contributed by atoms with Gasteiger partial charge in [-0.15, -0.1) is 0 Å². The van der Waals surface area contributed by atoms with Crippen LogP contribution in [-0.4, -0.2) is 38.6 Å². The zero-order chi connectivity index (χ0) is 13.2. The van der Waals surface area contributed by atoms with E-state index in [-0.39, 0.29) is 12.1 Å². The molecule has 2 aromatic rings. The third kappa shape index (κ3) is 2.46. The van der Waals surface area contributed by atoms with Crippen molar-refractivity contribution in [3.05, 3.63) is 42.4 Å². The van der Waals surface area contributed by atoms with Crippen LogP contribution in [0.4, 0.5) is 5.82 Å². The number of hydrogen-bond acceptors (Lipinski definition) is 4. The molecule has 3 heterocycles. The Balaban J connectivity index is 1.81. The fraction of sp³-hybridized carbons (Fsp3) is 0.429. The molecule has 0 saturated carbocycles. The second kappa shape index (κ2) is 5.01. The summed E-state index contributed by atoms with van der Waals surface area (Å²) in [6, 6.07) is 5.97. The zero-order valence-corrected chi connectivity index (χ0v) is 11.0. The molecule has 5 heteroatoms. The molecule has 0 radical (unpaired) electrons. The van der Waals surface area contributed by atoms with E-state index in [4.69, 9.17) is 0 Å². The van der Waals surface area contributed by atoms with Crippen molar-refractivity contribution in [2.45, 2.75) is 25.0 Å². The van der Waals surface area contributed by atoms with Gasteiger partial charge in [0.15, 0.2) is 0 Å². The fourth-order valence-electron chi connectivity index (χ4n) is 2.71. The number of aliphatic hydroxyl groups is 1. The Kier molecular flexibility index (Phi) is 3.21. The summed E-state index contributed by atoms with van der Waals surface area (Å²) in [4.78, 5) is 6.58. The van der Waals surface area contributed by atoms with Crippen molar-refractivity contribution in [1.29, 1.82) is 0 Å². The Morgan fingerprint density at radius 2 is 2.32 bits per heavy atom. The van der Waals surface area contributed by atoms with E-state index in [0.29, 0.717) is 0 Å². The average molecular weight is 258 g/mol. The van der Waals surface area contributed by atoms with Crippen molar-refractivity contribution in [2.24, 2.45) is 7.05 Å². The van der Waals surface area contributed by atoms with Gasteiger partial charge in [0.1, 0.15) is 5.82 Å². The van der Waals surface area contributed by atoms with Gasteiger partial charge >= 0.3 is 0 Å². The van der Waals surface area contributed by atoms with Crippen LogP contribution in [0.2, 0.25) is 0 Å². The molecule has 19 heavy (non-hydrogen) atoms. The highest BCUT2D eigenvalue weighted by Crippen LogP contribution is 2.26. The molecular weight excluding hydrogens is 240 g/mol. The molecule has 0 aliphatic carbocycles. The molecule has 1 aliphatic rings. The summed E-state index contributed by atoms with van der Waals surface area (Å²) < 4.78 is 1.79. The first-order valence-electron chi connectivity index (χ1n) is 6.57. The lowest BCUT2D eigenvalue weighted by Gasteiger charge is -2.26. The molecule has 1 N–H and O–H groups in total. The van der Waals surface area contributed by atoms with Gasteiger partial charge in [0.2, 0.25) is 0 Å². The minimum absolute atomic E-state index is 0.0825. The molecule has 3 rings (SSSR count). The van der Waals surface area contributed by atoms with Crippen LogP contribution in [-0.2, 0) is 13.5 Å². The van der Waals surface area contributed by atoms with E-state index in [1.165, 1.54) is 0 Å². The standard InChI is InChI=1S/C14H18N4O/c1-17-10-11(9-16-17)8-12-13(19)5-7-18(12)14-4-2-3-6-15-14/h2-4,6,9-10,12-13,19H,5,7-8H2,1H3/t12-,13-/m0/s1. The smallest absolute Gasteiger partial charge is 0.128 e. The van der Waals surface area contributed by atoms with E-state index in [1.807, 2.05) is 37.6 Å². The molecule has 0 amide bonds. The molecule has 2 aromatic heterocycles. The number of rotatable bonds is 3. The van der Waals surface area contributed by atoms with Gasteiger partial charge in [0, 0.05) is 26.0 Å². The number of anilines is 1. The SMILES string of the molecule is Cn1cc(C[C@H]2[C@@H](O)CCN2c2ccccn2)cn1. The van der Waals surface area contributed by atoms with Crippen LogP contribution in [0.15, 0.2) is 36.8 Å². The van der Waals surface area contributed by atoms with Crippen LogP contribution in [0, 0.1) is 0 Å². The first-order valence-corrected chi connectivity index (χ1v) is 6.57. The molecule has 1 fully saturated rings. The molecule has 0 spiro atoms. The maximum Gasteiger partial charge on any atom is 0.128 e. The highest BCUT2D eigenvalue weighted by Gasteiger charge is 2.33. The maximum absolute atomic E-state index is 10.2. The van der Waals surface area contributed by atoms with Gasteiger partial charge < -0.3 is 10.0 Å². The third-order valence-electron chi connectivity index (χ3n) is 3.66. The van der Waals surface area contributed by atoms with Gasteiger partial charge in [-0.1, -0.05) is 6.07 Å². The van der Waals surface area contributed by atoms with Crippen molar-refractivity contribution in [2.75, 3.05) is 11.4 Å². The summed E-state index contributed by atoms with van der Waals surface area (Å²) in [5, 5.41) is 14.4. The van der Waals surface area contributed by atoms with E-state index in [9.17, 15) is 5.11 Å². The summed E-state index contributed by atoms with van der Waals surface area (Å²) in [7, 11) is 1.91. The topological polar surface area (TPSA) is 54.2 Å². The Labute approximate surface area is 112 Å².